The number of hydrogen-bond acceptors (Lipinski definition) is 4. The van der Waals surface area contributed by atoms with Crippen molar-refractivity contribution in [3.05, 3.63) is 12.7 Å². The first-order valence-electron chi connectivity index (χ1n) is 5.01. The molecule has 2 aliphatic heterocycles. The molecule has 2 rings (SSSR count). The van der Waals surface area contributed by atoms with E-state index >= 15 is 0 Å². The number of guanidine groups is 1. The Morgan fingerprint density at radius 1 is 1.86 bits per heavy atom. The maximum Gasteiger partial charge on any atom is 0.192 e. The predicted molar refractivity (Wildman–Crippen MR) is 56.2 cm³/mol. The lowest BCUT2D eigenvalue weighted by atomic mass is 9.91. The topological polar surface area (TPSA) is 50.8 Å². The molecule has 4 nitrogen and oxygen atoms in total. The Morgan fingerprint density at radius 3 is 3.21 bits per heavy atom. The third kappa shape index (κ3) is 1.14. The second kappa shape index (κ2) is 3.28. The van der Waals surface area contributed by atoms with Crippen LogP contribution < -0.4 is 5.73 Å². The van der Waals surface area contributed by atoms with Crippen molar-refractivity contribution in [1.82, 2.24) is 4.90 Å². The van der Waals surface area contributed by atoms with Gasteiger partial charge in [0, 0.05) is 13.2 Å². The molecule has 78 valence electrons. The molecule has 2 N–H and O–H groups in total. The Kier molecular flexibility index (Phi) is 2.23. The summed E-state index contributed by atoms with van der Waals surface area (Å²) in [4.78, 5) is 6.44. The van der Waals surface area contributed by atoms with Gasteiger partial charge < -0.3 is 15.4 Å². The molecule has 0 aromatic heterocycles. The first kappa shape index (κ1) is 9.52. The van der Waals surface area contributed by atoms with E-state index < -0.39 is 0 Å². The first-order valence-corrected chi connectivity index (χ1v) is 5.01. The molecule has 0 bridgehead atoms. The molecule has 0 aliphatic carbocycles. The Morgan fingerprint density at radius 2 is 2.64 bits per heavy atom. The van der Waals surface area contributed by atoms with E-state index in [9.17, 15) is 0 Å². The van der Waals surface area contributed by atoms with Crippen molar-refractivity contribution in [3.63, 3.8) is 0 Å². The van der Waals surface area contributed by atoms with Gasteiger partial charge in [-0.05, 0) is 13.3 Å². The molecule has 0 aromatic carbocycles. The highest BCUT2D eigenvalue weighted by atomic mass is 16.5. The summed E-state index contributed by atoms with van der Waals surface area (Å²) in [7, 11) is 0. The van der Waals surface area contributed by atoms with E-state index in [1.165, 1.54) is 0 Å². The standard InChI is InChI=1S/C10H17N3O/c1-3-5-13-9(11)12-7-10(13)4-6-14-8(10)2/h3,8H,1,4-7H2,2H3,(H2,11,12). The molecule has 2 atom stereocenters. The van der Waals surface area contributed by atoms with Gasteiger partial charge in [-0.25, -0.2) is 0 Å². The van der Waals surface area contributed by atoms with Crippen LogP contribution in [0.15, 0.2) is 17.6 Å². The van der Waals surface area contributed by atoms with Crippen LogP contribution in [0.2, 0.25) is 0 Å². The van der Waals surface area contributed by atoms with Gasteiger partial charge in [0.2, 0.25) is 0 Å². The van der Waals surface area contributed by atoms with Crippen LogP contribution in [0.4, 0.5) is 0 Å². The third-order valence-electron chi connectivity index (χ3n) is 3.30. The molecule has 1 saturated heterocycles. The van der Waals surface area contributed by atoms with E-state index in [2.05, 4.69) is 23.4 Å². The summed E-state index contributed by atoms with van der Waals surface area (Å²) < 4.78 is 5.61. The Balaban J connectivity index is 2.23. The number of nitrogens with zero attached hydrogens (tertiary/aromatic N) is 2. The maximum absolute atomic E-state index is 5.85. The van der Waals surface area contributed by atoms with Gasteiger partial charge >= 0.3 is 0 Å². The van der Waals surface area contributed by atoms with Gasteiger partial charge in [0.1, 0.15) is 0 Å². The van der Waals surface area contributed by atoms with E-state index in [0.29, 0.717) is 5.96 Å². The molecule has 0 saturated carbocycles. The molecule has 4 heteroatoms. The van der Waals surface area contributed by atoms with E-state index in [4.69, 9.17) is 10.5 Å². The number of hydrogen-bond donors (Lipinski definition) is 1. The summed E-state index contributed by atoms with van der Waals surface area (Å²) in [5.74, 6) is 0.627. The average molecular weight is 195 g/mol. The van der Waals surface area contributed by atoms with Gasteiger partial charge in [-0.2, -0.15) is 0 Å². The zero-order valence-corrected chi connectivity index (χ0v) is 8.57. The lowest BCUT2D eigenvalue weighted by Crippen LogP contribution is -2.55. The van der Waals surface area contributed by atoms with Crippen LogP contribution in [-0.2, 0) is 4.74 Å². The molecule has 2 unspecified atom stereocenters. The Bertz CT molecular complexity index is 277. The van der Waals surface area contributed by atoms with Crippen LogP contribution in [0, 0.1) is 0 Å². The molecule has 2 aliphatic rings. The van der Waals surface area contributed by atoms with Crippen molar-refractivity contribution < 1.29 is 4.74 Å². The SMILES string of the molecule is C=CCN1C(N)=NCC12CCOC2C. The van der Waals surface area contributed by atoms with Gasteiger partial charge in [-0.3, -0.25) is 4.99 Å². The van der Waals surface area contributed by atoms with E-state index in [0.717, 1.165) is 26.1 Å². The Labute approximate surface area is 84.4 Å². The highest BCUT2D eigenvalue weighted by Gasteiger charge is 2.49. The number of rotatable bonds is 2. The van der Waals surface area contributed by atoms with Crippen molar-refractivity contribution in [1.29, 1.82) is 0 Å². The monoisotopic (exact) mass is 195 g/mol. The van der Waals surface area contributed by atoms with Crippen LogP contribution in [0.25, 0.3) is 0 Å². The van der Waals surface area contributed by atoms with Crippen LogP contribution in [0.3, 0.4) is 0 Å². The second-order valence-corrected chi connectivity index (χ2v) is 3.94. The smallest absolute Gasteiger partial charge is 0.192 e. The number of ether oxygens (including phenoxy) is 1. The largest absolute Gasteiger partial charge is 0.376 e. The van der Waals surface area contributed by atoms with E-state index in [-0.39, 0.29) is 11.6 Å². The summed E-state index contributed by atoms with van der Waals surface area (Å²) in [5, 5.41) is 0. The predicted octanol–water partition coefficient (Wildman–Crippen LogP) is 0.350. The van der Waals surface area contributed by atoms with E-state index in [1.807, 2.05) is 6.08 Å². The lowest BCUT2D eigenvalue weighted by Gasteiger charge is -2.37. The van der Waals surface area contributed by atoms with Crippen molar-refractivity contribution in [2.24, 2.45) is 10.7 Å². The van der Waals surface area contributed by atoms with Gasteiger partial charge in [0.25, 0.3) is 0 Å². The zero-order chi connectivity index (χ0) is 10.2. The molecule has 14 heavy (non-hydrogen) atoms. The van der Waals surface area contributed by atoms with Gasteiger partial charge in [0.05, 0.1) is 18.2 Å². The fraction of sp³-hybridized carbons (Fsp3) is 0.700. The molecule has 1 spiro atoms. The van der Waals surface area contributed by atoms with Crippen molar-refractivity contribution in [2.45, 2.75) is 25.0 Å². The average Bonchev–Trinajstić information content (AvgIpc) is 2.67. The lowest BCUT2D eigenvalue weighted by molar-refractivity contribution is 0.0596. The highest BCUT2D eigenvalue weighted by Crippen LogP contribution is 2.35. The molecule has 2 heterocycles. The Hall–Kier alpha value is -1.03. The third-order valence-corrected chi connectivity index (χ3v) is 3.30. The summed E-state index contributed by atoms with van der Waals surface area (Å²) in [6.45, 7) is 8.15. The number of nitrogens with two attached hydrogens (primary N) is 1. The fourth-order valence-corrected chi connectivity index (χ4v) is 2.35. The van der Waals surface area contributed by atoms with Crippen LogP contribution in [0.1, 0.15) is 13.3 Å². The summed E-state index contributed by atoms with van der Waals surface area (Å²) in [6, 6.07) is 0. The summed E-state index contributed by atoms with van der Waals surface area (Å²) in [5.41, 5.74) is 5.85. The molecular weight excluding hydrogens is 178 g/mol. The van der Waals surface area contributed by atoms with E-state index in [1.54, 1.807) is 0 Å². The normalized spacial score (nSPS) is 36.5. The minimum Gasteiger partial charge on any atom is -0.376 e. The van der Waals surface area contributed by atoms with Crippen molar-refractivity contribution in [2.75, 3.05) is 19.7 Å². The minimum atomic E-state index is -0.00171. The molecule has 0 aromatic rings. The van der Waals surface area contributed by atoms with Crippen LogP contribution >= 0.6 is 0 Å². The van der Waals surface area contributed by atoms with Crippen molar-refractivity contribution >= 4 is 5.96 Å². The molecule has 0 radical (unpaired) electrons. The highest BCUT2D eigenvalue weighted by molar-refractivity contribution is 5.81. The number of aliphatic imine (C=N–C) groups is 1. The van der Waals surface area contributed by atoms with Crippen LogP contribution in [0.5, 0.6) is 0 Å². The zero-order valence-electron chi connectivity index (χ0n) is 8.57. The summed E-state index contributed by atoms with van der Waals surface area (Å²) >= 11 is 0. The molecule has 1 fully saturated rings. The summed E-state index contributed by atoms with van der Waals surface area (Å²) in [6.07, 6.45) is 3.07. The van der Waals surface area contributed by atoms with Gasteiger partial charge in [-0.15, -0.1) is 6.58 Å². The maximum atomic E-state index is 5.85. The fourth-order valence-electron chi connectivity index (χ4n) is 2.35. The first-order chi connectivity index (χ1) is 6.70. The van der Waals surface area contributed by atoms with Gasteiger partial charge in [-0.1, -0.05) is 6.08 Å². The van der Waals surface area contributed by atoms with Crippen LogP contribution in [-0.4, -0.2) is 42.2 Å². The van der Waals surface area contributed by atoms with Gasteiger partial charge in [0.15, 0.2) is 5.96 Å². The molecule has 0 amide bonds. The quantitative estimate of drug-likeness (QED) is 0.647. The van der Waals surface area contributed by atoms with Crippen molar-refractivity contribution in [3.8, 4) is 0 Å². The second-order valence-electron chi connectivity index (χ2n) is 3.94. The minimum absolute atomic E-state index is 0.00171. The molecular formula is C10H17N3O.